The molecule has 0 unspecified atom stereocenters. The monoisotopic (exact) mass is 344 g/mol. The van der Waals surface area contributed by atoms with E-state index in [9.17, 15) is 4.79 Å². The molecule has 0 atom stereocenters. The number of aliphatic imine (C=N–C) groups is 1. The Hall–Kier alpha value is -1.95. The molecule has 2 amide bonds. The molecule has 1 fully saturated rings. The minimum atomic E-state index is -0.107. The Balaban J connectivity index is 1.46. The molecular formula is C18H24N4OS. The highest BCUT2D eigenvalue weighted by atomic mass is 32.2. The summed E-state index contributed by atoms with van der Waals surface area (Å²) >= 11 is 1.62. The van der Waals surface area contributed by atoms with Gasteiger partial charge in [0.2, 0.25) is 0 Å². The summed E-state index contributed by atoms with van der Waals surface area (Å²) in [4.78, 5) is 21.0. The SMILES string of the molecule is O=C(Nc1ccccc1)N1CCN=C1SC/C=C/N1CCCCC1. The molecule has 2 aliphatic heterocycles. The molecule has 128 valence electrons. The van der Waals surface area contributed by atoms with Crippen molar-refractivity contribution < 1.29 is 4.79 Å². The number of para-hydroxylation sites is 1. The lowest BCUT2D eigenvalue weighted by molar-refractivity contribution is 0.237. The second-order valence-corrected chi connectivity index (χ2v) is 6.89. The average Bonchev–Trinajstić information content (AvgIpc) is 3.09. The van der Waals surface area contributed by atoms with Gasteiger partial charge < -0.3 is 10.2 Å². The molecule has 1 aromatic rings. The summed E-state index contributed by atoms with van der Waals surface area (Å²) in [6, 6.07) is 9.43. The van der Waals surface area contributed by atoms with E-state index in [1.807, 2.05) is 30.3 Å². The lowest BCUT2D eigenvalue weighted by atomic mass is 10.1. The fourth-order valence-electron chi connectivity index (χ4n) is 2.83. The summed E-state index contributed by atoms with van der Waals surface area (Å²) < 4.78 is 0. The molecule has 0 radical (unpaired) electrons. The molecule has 0 aromatic heterocycles. The van der Waals surface area contributed by atoms with Crippen LogP contribution in [-0.2, 0) is 0 Å². The molecule has 2 heterocycles. The highest BCUT2D eigenvalue weighted by Gasteiger charge is 2.23. The fourth-order valence-corrected chi connectivity index (χ4v) is 3.68. The number of thioether (sulfide) groups is 1. The van der Waals surface area contributed by atoms with E-state index in [0.717, 1.165) is 29.7 Å². The average molecular weight is 344 g/mol. The molecule has 1 saturated heterocycles. The molecule has 0 saturated carbocycles. The van der Waals surface area contributed by atoms with E-state index in [1.165, 1.54) is 19.3 Å². The second kappa shape index (κ2) is 8.78. The highest BCUT2D eigenvalue weighted by molar-refractivity contribution is 8.13. The van der Waals surface area contributed by atoms with Gasteiger partial charge in [0, 0.05) is 31.1 Å². The van der Waals surface area contributed by atoms with Crippen molar-refractivity contribution in [1.82, 2.24) is 9.80 Å². The van der Waals surface area contributed by atoms with Crippen LogP contribution in [0.2, 0.25) is 0 Å². The van der Waals surface area contributed by atoms with Crippen LogP contribution in [0.4, 0.5) is 10.5 Å². The van der Waals surface area contributed by atoms with Crippen LogP contribution < -0.4 is 5.32 Å². The quantitative estimate of drug-likeness (QED) is 0.907. The predicted molar refractivity (Wildman–Crippen MR) is 101 cm³/mol. The van der Waals surface area contributed by atoms with Gasteiger partial charge in [-0.25, -0.2) is 4.79 Å². The Kier molecular flexibility index (Phi) is 6.18. The number of hydrogen-bond donors (Lipinski definition) is 1. The van der Waals surface area contributed by atoms with E-state index >= 15 is 0 Å². The van der Waals surface area contributed by atoms with Gasteiger partial charge in [-0.1, -0.05) is 36.0 Å². The number of hydrogen-bond acceptors (Lipinski definition) is 4. The third kappa shape index (κ3) is 4.77. The van der Waals surface area contributed by atoms with E-state index < -0.39 is 0 Å². The molecule has 2 aliphatic rings. The number of nitrogens with one attached hydrogen (secondary N) is 1. The molecule has 0 spiro atoms. The van der Waals surface area contributed by atoms with E-state index in [0.29, 0.717) is 13.1 Å². The number of urea groups is 1. The maximum atomic E-state index is 12.4. The van der Waals surface area contributed by atoms with E-state index in [-0.39, 0.29) is 6.03 Å². The van der Waals surface area contributed by atoms with Crippen LogP contribution in [0.1, 0.15) is 19.3 Å². The van der Waals surface area contributed by atoms with Crippen LogP contribution in [0.5, 0.6) is 0 Å². The van der Waals surface area contributed by atoms with Crippen molar-refractivity contribution in [3.8, 4) is 0 Å². The number of amidine groups is 1. The Labute approximate surface area is 147 Å². The number of carbonyl (C=O) groups excluding carboxylic acids is 1. The summed E-state index contributed by atoms with van der Waals surface area (Å²) in [7, 11) is 0. The normalized spacial score (nSPS) is 18.1. The third-order valence-corrected chi connectivity index (χ3v) is 5.05. The second-order valence-electron chi connectivity index (χ2n) is 5.90. The smallest absolute Gasteiger partial charge is 0.327 e. The number of carbonyl (C=O) groups is 1. The van der Waals surface area contributed by atoms with Crippen molar-refractivity contribution in [1.29, 1.82) is 0 Å². The summed E-state index contributed by atoms with van der Waals surface area (Å²) in [6.07, 6.45) is 8.29. The maximum Gasteiger partial charge on any atom is 0.327 e. The lowest BCUT2D eigenvalue weighted by Gasteiger charge is -2.24. The van der Waals surface area contributed by atoms with Crippen molar-refractivity contribution in [2.24, 2.45) is 4.99 Å². The minimum Gasteiger partial charge on any atom is -0.378 e. The molecule has 1 aromatic carbocycles. The fraction of sp³-hybridized carbons (Fsp3) is 0.444. The molecule has 3 rings (SSSR count). The van der Waals surface area contributed by atoms with Crippen LogP contribution in [0.3, 0.4) is 0 Å². The summed E-state index contributed by atoms with van der Waals surface area (Å²) in [6.45, 7) is 3.65. The lowest BCUT2D eigenvalue weighted by Crippen LogP contribution is -2.36. The Morgan fingerprint density at radius 1 is 1.17 bits per heavy atom. The number of nitrogens with zero attached hydrogens (tertiary/aromatic N) is 3. The molecule has 0 aliphatic carbocycles. The van der Waals surface area contributed by atoms with E-state index in [2.05, 4.69) is 27.5 Å². The van der Waals surface area contributed by atoms with Gasteiger partial charge in [0.15, 0.2) is 5.17 Å². The Morgan fingerprint density at radius 3 is 2.75 bits per heavy atom. The molecule has 24 heavy (non-hydrogen) atoms. The molecule has 1 N–H and O–H groups in total. The van der Waals surface area contributed by atoms with Gasteiger partial charge in [-0.05, 0) is 37.6 Å². The van der Waals surface area contributed by atoms with Gasteiger partial charge >= 0.3 is 6.03 Å². The number of piperidine rings is 1. The molecule has 5 nitrogen and oxygen atoms in total. The Morgan fingerprint density at radius 2 is 1.96 bits per heavy atom. The first-order valence-electron chi connectivity index (χ1n) is 8.54. The highest BCUT2D eigenvalue weighted by Crippen LogP contribution is 2.17. The number of rotatable bonds is 4. The van der Waals surface area contributed by atoms with Gasteiger partial charge in [-0.2, -0.15) is 0 Å². The standard InChI is InChI=1S/C18H24N4OS/c23-17(20-16-8-3-1-4-9-16)22-14-10-19-18(22)24-15-7-13-21-11-5-2-6-12-21/h1,3-4,7-9,13H,2,5-6,10-12,14-15H2,(H,20,23)/b13-7+. The maximum absolute atomic E-state index is 12.4. The van der Waals surface area contributed by atoms with Crippen LogP contribution in [-0.4, -0.2) is 52.9 Å². The van der Waals surface area contributed by atoms with Crippen LogP contribution in [0.15, 0.2) is 47.6 Å². The van der Waals surface area contributed by atoms with E-state index in [4.69, 9.17) is 0 Å². The van der Waals surface area contributed by atoms with Crippen molar-refractivity contribution >= 4 is 28.6 Å². The number of anilines is 1. The van der Waals surface area contributed by atoms with Gasteiger partial charge in [-0.15, -0.1) is 0 Å². The Bertz CT molecular complexity index is 596. The number of amides is 2. The summed E-state index contributed by atoms with van der Waals surface area (Å²) in [5.41, 5.74) is 0.809. The van der Waals surface area contributed by atoms with Crippen molar-refractivity contribution in [3.63, 3.8) is 0 Å². The zero-order chi connectivity index (χ0) is 16.6. The summed E-state index contributed by atoms with van der Waals surface area (Å²) in [5, 5.41) is 3.73. The molecule has 0 bridgehead atoms. The molecule has 6 heteroatoms. The van der Waals surface area contributed by atoms with Crippen molar-refractivity contribution in [3.05, 3.63) is 42.6 Å². The van der Waals surface area contributed by atoms with Gasteiger partial charge in [0.05, 0.1) is 6.54 Å². The van der Waals surface area contributed by atoms with Crippen molar-refractivity contribution in [2.75, 3.05) is 37.2 Å². The van der Waals surface area contributed by atoms with Gasteiger partial charge in [0.1, 0.15) is 0 Å². The predicted octanol–water partition coefficient (Wildman–Crippen LogP) is 3.62. The van der Waals surface area contributed by atoms with E-state index in [1.54, 1.807) is 16.7 Å². The largest absolute Gasteiger partial charge is 0.378 e. The number of benzene rings is 1. The van der Waals surface area contributed by atoms with Crippen LogP contribution in [0.25, 0.3) is 0 Å². The van der Waals surface area contributed by atoms with Gasteiger partial charge in [0.25, 0.3) is 0 Å². The zero-order valence-corrected chi connectivity index (χ0v) is 14.7. The zero-order valence-electron chi connectivity index (χ0n) is 13.9. The van der Waals surface area contributed by atoms with Gasteiger partial charge in [-0.3, -0.25) is 9.89 Å². The van der Waals surface area contributed by atoms with Crippen LogP contribution in [0, 0.1) is 0 Å². The first-order valence-corrected chi connectivity index (χ1v) is 9.53. The first kappa shape index (κ1) is 16.9. The van der Waals surface area contributed by atoms with Crippen LogP contribution >= 0.6 is 11.8 Å². The number of likely N-dealkylation sites (tertiary alicyclic amines) is 1. The van der Waals surface area contributed by atoms with Crippen molar-refractivity contribution in [2.45, 2.75) is 19.3 Å². The summed E-state index contributed by atoms with van der Waals surface area (Å²) in [5.74, 6) is 0.838. The minimum absolute atomic E-state index is 0.107. The molecular weight excluding hydrogens is 320 g/mol. The first-order chi connectivity index (χ1) is 11.8. The third-order valence-electron chi connectivity index (χ3n) is 4.09. The topological polar surface area (TPSA) is 47.9 Å².